The van der Waals surface area contributed by atoms with Crippen LogP contribution in [0.4, 0.5) is 0 Å². The molecule has 53 heavy (non-hydrogen) atoms. The molecule has 0 aliphatic carbocycles. The van der Waals surface area contributed by atoms with Gasteiger partial charge >= 0.3 is 5.97 Å². The molecule has 3 rings (SSSR count). The van der Waals surface area contributed by atoms with Gasteiger partial charge in [-0.25, -0.2) is 4.79 Å². The standard InChI is InChI=1S/C45H64N2O5S/c1-44(2,3)36-30-37(45(4,5)6)32-38(31-36)51-27-20-12-10-8-9-11-13-21-28-52-43(50)39(26-29-53-7)47-40(48)33-46-42(49)41(34-22-16-14-17-23-34)35-24-18-15-19-25-35/h14-19,22-25,30-32,39,41H,8-13,20-21,26-29,33H2,1-7H3,(H,46,49)(H,47,48)/t39-/m0/s1. The molecule has 0 spiro atoms. The normalized spacial score (nSPS) is 12.3. The maximum Gasteiger partial charge on any atom is 0.328 e. The zero-order valence-corrected chi connectivity index (χ0v) is 34.1. The van der Waals surface area contributed by atoms with E-state index in [1.165, 1.54) is 24.0 Å². The van der Waals surface area contributed by atoms with E-state index in [0.29, 0.717) is 18.8 Å². The summed E-state index contributed by atoms with van der Waals surface area (Å²) in [5, 5.41) is 5.57. The van der Waals surface area contributed by atoms with Crippen LogP contribution in [0.1, 0.15) is 128 Å². The highest BCUT2D eigenvalue weighted by Gasteiger charge is 2.26. The van der Waals surface area contributed by atoms with Gasteiger partial charge in [0.1, 0.15) is 11.8 Å². The van der Waals surface area contributed by atoms with Crippen LogP contribution >= 0.6 is 11.8 Å². The summed E-state index contributed by atoms with van der Waals surface area (Å²) in [6.45, 7) is 14.3. The van der Waals surface area contributed by atoms with Gasteiger partial charge in [0.25, 0.3) is 0 Å². The first-order valence-corrected chi connectivity index (χ1v) is 20.8. The van der Waals surface area contributed by atoms with Gasteiger partial charge in [-0.1, -0.05) is 147 Å². The molecule has 0 radical (unpaired) electrons. The van der Waals surface area contributed by atoms with E-state index in [1.807, 2.05) is 66.9 Å². The Kier molecular flexibility index (Phi) is 18.5. The summed E-state index contributed by atoms with van der Waals surface area (Å²) in [5.41, 5.74) is 4.46. The first kappa shape index (κ1) is 43.6. The third-order valence-electron chi connectivity index (χ3n) is 9.37. The lowest BCUT2D eigenvalue weighted by atomic mass is 9.80. The van der Waals surface area contributed by atoms with E-state index in [2.05, 4.69) is 70.4 Å². The van der Waals surface area contributed by atoms with Gasteiger partial charge in [-0.3, -0.25) is 9.59 Å². The topological polar surface area (TPSA) is 93.7 Å². The van der Waals surface area contributed by atoms with Crippen LogP contribution in [0.2, 0.25) is 0 Å². The lowest BCUT2D eigenvalue weighted by Crippen LogP contribution is -2.47. The third kappa shape index (κ3) is 16.0. The number of hydrogen-bond donors (Lipinski definition) is 2. The fourth-order valence-electron chi connectivity index (χ4n) is 6.06. The Labute approximate surface area is 323 Å². The van der Waals surface area contributed by atoms with E-state index < -0.39 is 23.8 Å². The van der Waals surface area contributed by atoms with Crippen molar-refractivity contribution in [2.45, 2.75) is 122 Å². The average molecular weight is 745 g/mol. The molecule has 1 atom stereocenters. The summed E-state index contributed by atoms with van der Waals surface area (Å²) in [5.74, 6) is 0.00483. The maximum absolute atomic E-state index is 13.3. The van der Waals surface area contributed by atoms with Gasteiger partial charge in [-0.15, -0.1) is 0 Å². The van der Waals surface area contributed by atoms with E-state index in [1.54, 1.807) is 11.8 Å². The Morgan fingerprint density at radius 2 is 1.17 bits per heavy atom. The average Bonchev–Trinajstić information content (AvgIpc) is 3.13. The van der Waals surface area contributed by atoms with Crippen molar-refractivity contribution in [2.75, 3.05) is 31.8 Å². The van der Waals surface area contributed by atoms with Gasteiger partial charge in [0.05, 0.1) is 25.7 Å². The van der Waals surface area contributed by atoms with E-state index in [0.717, 1.165) is 62.0 Å². The second-order valence-corrected chi connectivity index (χ2v) is 16.9. The lowest BCUT2D eigenvalue weighted by Gasteiger charge is -2.26. The van der Waals surface area contributed by atoms with Crippen molar-refractivity contribution in [2.24, 2.45) is 0 Å². The fraction of sp³-hybridized carbons (Fsp3) is 0.533. The molecule has 0 saturated carbocycles. The smallest absolute Gasteiger partial charge is 0.328 e. The number of carbonyl (C=O) groups is 3. The Balaban J connectivity index is 1.31. The van der Waals surface area contributed by atoms with Crippen molar-refractivity contribution in [1.29, 1.82) is 0 Å². The highest BCUT2D eigenvalue weighted by molar-refractivity contribution is 7.98. The van der Waals surface area contributed by atoms with E-state index in [9.17, 15) is 14.4 Å². The first-order valence-electron chi connectivity index (χ1n) is 19.4. The molecule has 2 N–H and O–H groups in total. The summed E-state index contributed by atoms with van der Waals surface area (Å²) in [7, 11) is 0. The van der Waals surface area contributed by atoms with Crippen molar-refractivity contribution in [1.82, 2.24) is 10.6 Å². The highest BCUT2D eigenvalue weighted by atomic mass is 32.2. The van der Waals surface area contributed by atoms with Gasteiger partial charge in [0.15, 0.2) is 0 Å². The molecule has 3 aromatic carbocycles. The number of amides is 2. The zero-order chi connectivity index (χ0) is 38.7. The molecule has 0 heterocycles. The molecular weight excluding hydrogens is 681 g/mol. The number of rotatable bonds is 22. The lowest BCUT2D eigenvalue weighted by molar-refractivity contribution is -0.148. The first-order chi connectivity index (χ1) is 25.3. The number of nitrogens with one attached hydrogen (secondary N) is 2. The van der Waals surface area contributed by atoms with Crippen molar-refractivity contribution in [3.63, 3.8) is 0 Å². The highest BCUT2D eigenvalue weighted by Crippen LogP contribution is 2.33. The van der Waals surface area contributed by atoms with Crippen LogP contribution in [-0.4, -0.2) is 55.6 Å². The predicted octanol–water partition coefficient (Wildman–Crippen LogP) is 9.51. The molecule has 0 fully saturated rings. The second-order valence-electron chi connectivity index (χ2n) is 16.0. The molecule has 0 aromatic heterocycles. The molecule has 0 bridgehead atoms. The van der Waals surface area contributed by atoms with Crippen LogP contribution in [0.15, 0.2) is 78.9 Å². The number of thioether (sulfide) groups is 1. The number of esters is 1. The minimum Gasteiger partial charge on any atom is -0.494 e. The predicted molar refractivity (Wildman–Crippen MR) is 220 cm³/mol. The number of unbranched alkanes of at least 4 members (excludes halogenated alkanes) is 7. The van der Waals surface area contributed by atoms with Gasteiger partial charge in [0.2, 0.25) is 11.8 Å². The van der Waals surface area contributed by atoms with Crippen molar-refractivity contribution in [3.8, 4) is 5.75 Å². The fourth-order valence-corrected chi connectivity index (χ4v) is 6.53. The van der Waals surface area contributed by atoms with E-state index in [4.69, 9.17) is 9.47 Å². The zero-order valence-electron chi connectivity index (χ0n) is 33.3. The van der Waals surface area contributed by atoms with E-state index in [-0.39, 0.29) is 23.3 Å². The Bertz CT molecular complexity index is 1460. The van der Waals surface area contributed by atoms with Gasteiger partial charge < -0.3 is 20.1 Å². The molecule has 7 nitrogen and oxygen atoms in total. The summed E-state index contributed by atoms with van der Waals surface area (Å²) in [6, 6.07) is 25.0. The molecule has 0 aliphatic heterocycles. The largest absolute Gasteiger partial charge is 0.494 e. The van der Waals surface area contributed by atoms with Crippen LogP contribution < -0.4 is 15.4 Å². The summed E-state index contributed by atoms with van der Waals surface area (Å²) in [6.07, 6.45) is 11.0. The Hall–Kier alpha value is -3.78. The minimum atomic E-state index is -0.752. The van der Waals surface area contributed by atoms with E-state index >= 15 is 0 Å². The van der Waals surface area contributed by atoms with Crippen LogP contribution in [0.25, 0.3) is 0 Å². The molecule has 0 aliphatic rings. The van der Waals surface area contributed by atoms with Gasteiger partial charge in [0, 0.05) is 0 Å². The second kappa shape index (κ2) is 22.4. The molecular formula is C45H64N2O5S. The number of hydrogen-bond acceptors (Lipinski definition) is 6. The SMILES string of the molecule is CSCC[C@H](NC(=O)CNC(=O)C(c1ccccc1)c1ccccc1)C(=O)OCCCCCCCCCCOc1cc(C(C)(C)C)cc(C(C)(C)C)c1. The molecule has 290 valence electrons. The van der Waals surface area contributed by atoms with Crippen LogP contribution in [-0.2, 0) is 30.0 Å². The molecule has 3 aromatic rings. The molecule has 8 heteroatoms. The minimum absolute atomic E-state index is 0.0770. The number of ether oxygens (including phenoxy) is 2. The van der Waals surface area contributed by atoms with Crippen LogP contribution in [0, 0.1) is 0 Å². The number of benzene rings is 3. The Morgan fingerprint density at radius 3 is 1.66 bits per heavy atom. The summed E-state index contributed by atoms with van der Waals surface area (Å²) < 4.78 is 11.8. The van der Waals surface area contributed by atoms with Crippen molar-refractivity contribution in [3.05, 3.63) is 101 Å². The summed E-state index contributed by atoms with van der Waals surface area (Å²) in [4.78, 5) is 39.1. The van der Waals surface area contributed by atoms with Gasteiger partial charge in [-0.05, 0) is 76.5 Å². The van der Waals surface area contributed by atoms with Crippen molar-refractivity contribution < 1.29 is 23.9 Å². The van der Waals surface area contributed by atoms with Crippen LogP contribution in [0.5, 0.6) is 5.75 Å². The molecule has 0 unspecified atom stereocenters. The van der Waals surface area contributed by atoms with Gasteiger partial charge in [-0.2, -0.15) is 11.8 Å². The maximum atomic E-state index is 13.3. The quantitative estimate of drug-likeness (QED) is 0.0787. The third-order valence-corrected chi connectivity index (χ3v) is 10.0. The van der Waals surface area contributed by atoms with Crippen LogP contribution in [0.3, 0.4) is 0 Å². The summed E-state index contributed by atoms with van der Waals surface area (Å²) >= 11 is 1.60. The van der Waals surface area contributed by atoms with Crippen molar-refractivity contribution >= 4 is 29.5 Å². The number of carbonyl (C=O) groups excluding carboxylic acids is 3. The monoisotopic (exact) mass is 744 g/mol. The molecule has 2 amide bonds. The Morgan fingerprint density at radius 1 is 0.679 bits per heavy atom. The molecule has 0 saturated heterocycles.